The van der Waals surface area contributed by atoms with Crippen LogP contribution in [0.1, 0.15) is 82.7 Å². The van der Waals surface area contributed by atoms with Gasteiger partial charge in [0.15, 0.2) is 11.6 Å². The second kappa shape index (κ2) is 13.0. The van der Waals surface area contributed by atoms with Crippen LogP contribution < -0.4 is 14.8 Å². The van der Waals surface area contributed by atoms with Crippen LogP contribution in [0.15, 0.2) is 29.5 Å². The molecule has 1 aromatic rings. The molecule has 1 aromatic carbocycles. The van der Waals surface area contributed by atoms with Crippen LogP contribution in [0.25, 0.3) is 0 Å². The van der Waals surface area contributed by atoms with E-state index in [1.54, 1.807) is 6.07 Å². The molecule has 2 N–H and O–H groups in total. The third-order valence-corrected chi connectivity index (χ3v) is 7.76. The van der Waals surface area contributed by atoms with Crippen molar-refractivity contribution in [2.24, 2.45) is 11.8 Å². The summed E-state index contributed by atoms with van der Waals surface area (Å²) in [6, 6.07) is 5.72. The van der Waals surface area contributed by atoms with Crippen molar-refractivity contribution in [1.82, 2.24) is 10.0 Å². The van der Waals surface area contributed by atoms with Crippen molar-refractivity contribution < 1.29 is 13.9 Å². The molecule has 3 aliphatic carbocycles. The monoisotopic (exact) mass is 476 g/mol. The maximum absolute atomic E-state index is 14.2. The lowest BCUT2D eigenvalue weighted by Gasteiger charge is -2.22. The number of allylic oxidation sites excluding steroid dienone is 1. The molecule has 3 aliphatic rings. The van der Waals surface area contributed by atoms with Crippen molar-refractivity contribution >= 4 is 11.9 Å². The van der Waals surface area contributed by atoms with Gasteiger partial charge in [0.05, 0.1) is 19.8 Å². The number of benzene rings is 1. The molecule has 0 saturated heterocycles. The van der Waals surface area contributed by atoms with Gasteiger partial charge in [0.1, 0.15) is 5.76 Å². The van der Waals surface area contributed by atoms with Gasteiger partial charge in [-0.25, -0.2) is 4.39 Å². The predicted molar refractivity (Wildman–Crippen MR) is 135 cm³/mol. The average Bonchev–Trinajstić information content (AvgIpc) is 3.68. The van der Waals surface area contributed by atoms with Crippen molar-refractivity contribution in [1.29, 1.82) is 0 Å². The third kappa shape index (κ3) is 8.18. The Balaban J connectivity index is 1.11. The highest BCUT2D eigenvalue weighted by atomic mass is 32.2. The van der Waals surface area contributed by atoms with Gasteiger partial charge >= 0.3 is 0 Å². The van der Waals surface area contributed by atoms with Gasteiger partial charge in [0, 0.05) is 11.8 Å². The van der Waals surface area contributed by atoms with Gasteiger partial charge in [-0.05, 0) is 106 Å². The van der Waals surface area contributed by atoms with E-state index in [-0.39, 0.29) is 11.9 Å². The van der Waals surface area contributed by atoms with Gasteiger partial charge in [-0.15, -0.1) is 0 Å². The number of hydrogen-bond acceptors (Lipinski definition) is 5. The highest BCUT2D eigenvalue weighted by molar-refractivity contribution is 7.97. The molecule has 3 fully saturated rings. The Labute approximate surface area is 203 Å². The topological polar surface area (TPSA) is 42.5 Å². The van der Waals surface area contributed by atoms with Crippen LogP contribution in [-0.4, -0.2) is 32.1 Å². The predicted octanol–water partition coefficient (Wildman–Crippen LogP) is 6.54. The summed E-state index contributed by atoms with van der Waals surface area (Å²) in [5.41, 5.74) is 2.67. The van der Waals surface area contributed by atoms with Crippen molar-refractivity contribution in [3.05, 3.63) is 40.9 Å². The molecule has 0 aromatic heterocycles. The van der Waals surface area contributed by atoms with E-state index in [0.29, 0.717) is 24.2 Å². The Morgan fingerprint density at radius 2 is 2.00 bits per heavy atom. The summed E-state index contributed by atoms with van der Waals surface area (Å²) in [7, 11) is 0. The summed E-state index contributed by atoms with van der Waals surface area (Å²) in [4.78, 5) is 0. The second-order valence-corrected chi connectivity index (χ2v) is 10.7. The van der Waals surface area contributed by atoms with Crippen LogP contribution in [0.5, 0.6) is 5.75 Å². The van der Waals surface area contributed by atoms with Gasteiger partial charge in [-0.2, -0.15) is 0 Å². The van der Waals surface area contributed by atoms with Gasteiger partial charge in [-0.1, -0.05) is 24.4 Å². The molecule has 0 heterocycles. The summed E-state index contributed by atoms with van der Waals surface area (Å²) in [6.07, 6.45) is 12.3. The van der Waals surface area contributed by atoms with Crippen LogP contribution in [0.2, 0.25) is 0 Å². The minimum atomic E-state index is -0.243. The summed E-state index contributed by atoms with van der Waals surface area (Å²) in [6.45, 7) is 5.41. The SMILES string of the molecule is CCOC(CNCCCCCSNC(c1ccc(F)c(OCC2CC2)c1)C1CC1)=C1CCC1. The smallest absolute Gasteiger partial charge is 0.165 e. The summed E-state index contributed by atoms with van der Waals surface area (Å²) in [5.74, 6) is 3.76. The van der Waals surface area contributed by atoms with Gasteiger partial charge in [0.2, 0.25) is 0 Å². The van der Waals surface area contributed by atoms with E-state index in [4.69, 9.17) is 9.47 Å². The molecule has 6 heteroatoms. The van der Waals surface area contributed by atoms with E-state index in [1.165, 1.54) is 75.5 Å². The maximum Gasteiger partial charge on any atom is 0.165 e. The number of hydrogen-bond donors (Lipinski definition) is 2. The fourth-order valence-corrected chi connectivity index (χ4v) is 5.19. The van der Waals surface area contributed by atoms with Crippen LogP contribution in [0.3, 0.4) is 0 Å². The Morgan fingerprint density at radius 1 is 1.15 bits per heavy atom. The molecule has 4 nitrogen and oxygen atoms in total. The van der Waals surface area contributed by atoms with Crippen LogP contribution in [-0.2, 0) is 4.74 Å². The molecule has 1 unspecified atom stereocenters. The van der Waals surface area contributed by atoms with Crippen LogP contribution in [0, 0.1) is 17.7 Å². The summed E-state index contributed by atoms with van der Waals surface area (Å²) < 4.78 is 29.4. The average molecular weight is 477 g/mol. The Bertz CT molecular complexity index is 773. The molecular weight excluding hydrogens is 435 g/mol. The quantitative estimate of drug-likeness (QED) is 0.152. The first kappa shape index (κ1) is 24.9. The fourth-order valence-electron chi connectivity index (χ4n) is 4.22. The molecule has 0 amide bonds. The molecule has 3 saturated carbocycles. The first-order valence-corrected chi connectivity index (χ1v) is 14.1. The minimum Gasteiger partial charge on any atom is -0.497 e. The molecule has 4 rings (SSSR count). The second-order valence-electron chi connectivity index (χ2n) is 9.78. The first-order valence-electron chi connectivity index (χ1n) is 13.1. The zero-order valence-electron chi connectivity index (χ0n) is 20.2. The highest BCUT2D eigenvalue weighted by Gasteiger charge is 2.33. The van der Waals surface area contributed by atoms with Crippen molar-refractivity contribution in [2.75, 3.05) is 32.1 Å². The summed E-state index contributed by atoms with van der Waals surface area (Å²) >= 11 is 1.82. The standard InChI is InChI=1S/C27H41FN2O2S/c1-2-31-26(21-7-6-8-21)18-29-15-4-3-5-16-33-30-27(22-11-12-22)23-13-14-24(28)25(17-23)32-19-20-9-10-20/h13-14,17,20,22,27,29-30H,2-12,15-16,18-19H2,1H3. The Morgan fingerprint density at radius 3 is 2.70 bits per heavy atom. The first-order chi connectivity index (χ1) is 16.2. The van der Waals surface area contributed by atoms with Crippen molar-refractivity contribution in [3.63, 3.8) is 0 Å². The van der Waals surface area contributed by atoms with Crippen molar-refractivity contribution in [2.45, 2.75) is 77.2 Å². The molecule has 184 valence electrons. The van der Waals surface area contributed by atoms with E-state index < -0.39 is 0 Å². The van der Waals surface area contributed by atoms with Gasteiger partial charge in [0.25, 0.3) is 0 Å². The van der Waals surface area contributed by atoms with Crippen molar-refractivity contribution in [3.8, 4) is 5.75 Å². The number of unbranched alkanes of at least 4 members (excludes halogenated alkanes) is 2. The molecule has 33 heavy (non-hydrogen) atoms. The third-order valence-electron chi connectivity index (χ3n) is 6.85. The molecule has 0 radical (unpaired) electrons. The summed E-state index contributed by atoms with van der Waals surface area (Å²) in [5, 5.41) is 3.56. The van der Waals surface area contributed by atoms with E-state index in [0.717, 1.165) is 31.0 Å². The largest absolute Gasteiger partial charge is 0.497 e. The lowest BCUT2D eigenvalue weighted by molar-refractivity contribution is 0.211. The number of rotatable bonds is 17. The van der Waals surface area contributed by atoms with Crippen LogP contribution >= 0.6 is 11.9 Å². The zero-order chi connectivity index (χ0) is 22.9. The molecule has 0 aliphatic heterocycles. The molecule has 0 bridgehead atoms. The lowest BCUT2D eigenvalue weighted by Crippen LogP contribution is -2.22. The van der Waals surface area contributed by atoms with Gasteiger partial charge < -0.3 is 14.8 Å². The van der Waals surface area contributed by atoms with E-state index >= 15 is 0 Å². The van der Waals surface area contributed by atoms with E-state index in [2.05, 4.69) is 17.0 Å². The van der Waals surface area contributed by atoms with Gasteiger partial charge in [-0.3, -0.25) is 4.72 Å². The number of ether oxygens (including phenoxy) is 2. The molecule has 1 atom stereocenters. The van der Waals surface area contributed by atoms with E-state index in [1.807, 2.05) is 24.1 Å². The molecular formula is C27H41FN2O2S. The van der Waals surface area contributed by atoms with Crippen LogP contribution in [0.4, 0.5) is 4.39 Å². The Kier molecular flexibility index (Phi) is 9.81. The lowest BCUT2D eigenvalue weighted by atomic mass is 9.91. The zero-order valence-corrected chi connectivity index (χ0v) is 21.0. The normalized spacial score (nSPS) is 18.7. The fraction of sp³-hybridized carbons (Fsp3) is 0.704. The highest BCUT2D eigenvalue weighted by Crippen LogP contribution is 2.43. The maximum atomic E-state index is 14.2. The number of halogens is 1. The number of nitrogens with one attached hydrogen (secondary N) is 2. The minimum absolute atomic E-state index is 0.243. The Hall–Kier alpha value is -1.24. The van der Waals surface area contributed by atoms with E-state index in [9.17, 15) is 4.39 Å². The molecule has 0 spiro atoms.